The van der Waals surface area contributed by atoms with Crippen molar-refractivity contribution >= 4 is 11.6 Å². The molecule has 1 fully saturated rings. The van der Waals surface area contributed by atoms with E-state index in [1.54, 1.807) is 0 Å². The number of anilines is 1. The average molecular weight is 288 g/mol. The van der Waals surface area contributed by atoms with Crippen LogP contribution in [-0.4, -0.2) is 18.5 Å². The van der Waals surface area contributed by atoms with Gasteiger partial charge in [-0.05, 0) is 49.9 Å². The molecule has 2 rings (SSSR count). The fourth-order valence-electron chi connectivity index (χ4n) is 2.96. The molecule has 0 radical (unpaired) electrons. The Balaban J connectivity index is 1.96. The lowest BCUT2D eigenvalue weighted by atomic mass is 10.1. The molecule has 1 aromatic carbocycles. The molecule has 1 saturated carbocycles. The van der Waals surface area contributed by atoms with Crippen LogP contribution < -0.4 is 10.6 Å². The van der Waals surface area contributed by atoms with Crippen molar-refractivity contribution < 1.29 is 4.79 Å². The van der Waals surface area contributed by atoms with E-state index in [0.29, 0.717) is 6.04 Å². The van der Waals surface area contributed by atoms with Gasteiger partial charge in [0, 0.05) is 23.8 Å². The summed E-state index contributed by atoms with van der Waals surface area (Å²) in [4.78, 5) is 12.4. The highest BCUT2D eigenvalue weighted by Crippen LogP contribution is 2.19. The number of carbonyl (C=O) groups is 1. The van der Waals surface area contributed by atoms with Crippen molar-refractivity contribution in [3.8, 4) is 0 Å². The third-order valence-corrected chi connectivity index (χ3v) is 4.24. The molecule has 3 nitrogen and oxygen atoms in total. The molecule has 1 aliphatic carbocycles. The molecule has 1 aliphatic rings. The van der Waals surface area contributed by atoms with Crippen LogP contribution in [0.15, 0.2) is 18.2 Å². The Bertz CT molecular complexity index is 462. The van der Waals surface area contributed by atoms with Crippen molar-refractivity contribution in [2.45, 2.75) is 64.8 Å². The normalized spacial score (nSPS) is 16.3. The van der Waals surface area contributed by atoms with E-state index in [4.69, 9.17) is 0 Å². The minimum absolute atomic E-state index is 0.0760. The zero-order valence-electron chi connectivity index (χ0n) is 13.4. The van der Waals surface area contributed by atoms with Crippen LogP contribution in [0.25, 0.3) is 0 Å². The molecule has 0 unspecified atom stereocenters. The number of amides is 1. The van der Waals surface area contributed by atoms with Crippen molar-refractivity contribution in [3.63, 3.8) is 0 Å². The highest BCUT2D eigenvalue weighted by molar-refractivity contribution is 5.95. The fourth-order valence-corrected chi connectivity index (χ4v) is 2.96. The maximum atomic E-state index is 12.4. The summed E-state index contributed by atoms with van der Waals surface area (Å²) in [5, 5.41) is 6.59. The van der Waals surface area contributed by atoms with Crippen LogP contribution in [0.1, 0.15) is 67.8 Å². The van der Waals surface area contributed by atoms with Gasteiger partial charge >= 0.3 is 0 Å². The van der Waals surface area contributed by atoms with Gasteiger partial charge in [0.15, 0.2) is 0 Å². The van der Waals surface area contributed by atoms with Crippen LogP contribution in [0, 0.1) is 6.92 Å². The molecule has 0 aromatic heterocycles. The van der Waals surface area contributed by atoms with Gasteiger partial charge in [0.1, 0.15) is 0 Å². The van der Waals surface area contributed by atoms with Crippen LogP contribution in [-0.2, 0) is 0 Å². The van der Waals surface area contributed by atoms with E-state index in [9.17, 15) is 4.79 Å². The first-order valence-corrected chi connectivity index (χ1v) is 8.36. The highest BCUT2D eigenvalue weighted by atomic mass is 16.1. The quantitative estimate of drug-likeness (QED) is 0.794. The number of carbonyl (C=O) groups excluding carboxylic acids is 1. The third-order valence-electron chi connectivity index (χ3n) is 4.24. The molecule has 2 N–H and O–H groups in total. The van der Waals surface area contributed by atoms with E-state index >= 15 is 0 Å². The van der Waals surface area contributed by atoms with Crippen LogP contribution in [0.3, 0.4) is 0 Å². The van der Waals surface area contributed by atoms with Gasteiger partial charge in [-0.2, -0.15) is 0 Å². The van der Waals surface area contributed by atoms with Crippen molar-refractivity contribution in [1.29, 1.82) is 0 Å². The minimum Gasteiger partial charge on any atom is -0.385 e. The Morgan fingerprint density at radius 3 is 2.52 bits per heavy atom. The van der Waals surface area contributed by atoms with Gasteiger partial charge in [0.2, 0.25) is 0 Å². The van der Waals surface area contributed by atoms with E-state index in [1.807, 2.05) is 18.2 Å². The summed E-state index contributed by atoms with van der Waals surface area (Å²) in [7, 11) is 0. The van der Waals surface area contributed by atoms with Crippen LogP contribution in [0.4, 0.5) is 5.69 Å². The third kappa shape index (κ3) is 4.76. The fraction of sp³-hybridized carbons (Fsp3) is 0.611. The van der Waals surface area contributed by atoms with Crippen molar-refractivity contribution in [3.05, 3.63) is 29.3 Å². The predicted octanol–water partition coefficient (Wildman–Crippen LogP) is 4.27. The van der Waals surface area contributed by atoms with Crippen LogP contribution in [0.2, 0.25) is 0 Å². The highest BCUT2D eigenvalue weighted by Gasteiger charge is 2.16. The number of benzene rings is 1. The van der Waals surface area contributed by atoms with Crippen LogP contribution in [0.5, 0.6) is 0 Å². The Hall–Kier alpha value is -1.51. The molecule has 1 amide bonds. The maximum Gasteiger partial charge on any atom is 0.251 e. The van der Waals surface area contributed by atoms with Crippen molar-refractivity contribution in [2.24, 2.45) is 0 Å². The van der Waals surface area contributed by atoms with E-state index in [2.05, 4.69) is 24.5 Å². The first-order chi connectivity index (χ1) is 10.2. The lowest BCUT2D eigenvalue weighted by Crippen LogP contribution is -2.34. The molecular weight excluding hydrogens is 260 g/mol. The van der Waals surface area contributed by atoms with Gasteiger partial charge < -0.3 is 10.6 Å². The molecule has 0 heterocycles. The molecule has 0 spiro atoms. The number of aryl methyl sites for hydroxylation is 1. The Morgan fingerprint density at radius 2 is 1.90 bits per heavy atom. The van der Waals surface area contributed by atoms with E-state index in [-0.39, 0.29) is 5.91 Å². The lowest BCUT2D eigenvalue weighted by Gasteiger charge is -2.17. The first-order valence-electron chi connectivity index (χ1n) is 8.36. The minimum atomic E-state index is 0.0760. The zero-order chi connectivity index (χ0) is 15.1. The molecule has 0 bridgehead atoms. The number of rotatable bonds is 5. The first kappa shape index (κ1) is 15.9. The van der Waals surface area contributed by atoms with Crippen molar-refractivity contribution in [1.82, 2.24) is 5.32 Å². The molecule has 116 valence electrons. The van der Waals surface area contributed by atoms with Crippen LogP contribution >= 0.6 is 0 Å². The molecule has 0 aliphatic heterocycles. The Kier molecular flexibility index (Phi) is 6.09. The van der Waals surface area contributed by atoms with Crippen molar-refractivity contribution in [2.75, 3.05) is 11.9 Å². The summed E-state index contributed by atoms with van der Waals surface area (Å²) < 4.78 is 0. The Morgan fingerprint density at radius 1 is 1.19 bits per heavy atom. The SMILES string of the molecule is CCCNc1ccc(C(=O)NC2CCCCCC2)cc1C. The van der Waals surface area contributed by atoms with E-state index in [1.165, 1.54) is 25.7 Å². The number of hydrogen-bond donors (Lipinski definition) is 2. The summed E-state index contributed by atoms with van der Waals surface area (Å²) >= 11 is 0. The van der Waals surface area contributed by atoms with E-state index in [0.717, 1.165) is 42.6 Å². The maximum absolute atomic E-state index is 12.4. The largest absolute Gasteiger partial charge is 0.385 e. The molecule has 21 heavy (non-hydrogen) atoms. The monoisotopic (exact) mass is 288 g/mol. The summed E-state index contributed by atoms with van der Waals surface area (Å²) in [6, 6.07) is 6.30. The van der Waals surface area contributed by atoms with Gasteiger partial charge in [0.25, 0.3) is 5.91 Å². The van der Waals surface area contributed by atoms with Gasteiger partial charge in [-0.15, -0.1) is 0 Å². The zero-order valence-corrected chi connectivity index (χ0v) is 13.4. The molecule has 0 saturated heterocycles. The molecule has 0 atom stereocenters. The molecule has 1 aromatic rings. The topological polar surface area (TPSA) is 41.1 Å². The van der Waals surface area contributed by atoms with E-state index < -0.39 is 0 Å². The number of nitrogens with one attached hydrogen (secondary N) is 2. The average Bonchev–Trinajstić information content (AvgIpc) is 2.74. The smallest absolute Gasteiger partial charge is 0.251 e. The second kappa shape index (κ2) is 8.06. The second-order valence-corrected chi connectivity index (χ2v) is 6.12. The van der Waals surface area contributed by atoms with Gasteiger partial charge in [-0.1, -0.05) is 32.6 Å². The number of hydrogen-bond acceptors (Lipinski definition) is 2. The van der Waals surface area contributed by atoms with Gasteiger partial charge in [0.05, 0.1) is 0 Å². The Labute approximate surface area is 128 Å². The summed E-state index contributed by atoms with van der Waals surface area (Å²) in [5.74, 6) is 0.0760. The summed E-state index contributed by atoms with van der Waals surface area (Å²) in [6.45, 7) is 5.17. The second-order valence-electron chi connectivity index (χ2n) is 6.12. The summed E-state index contributed by atoms with van der Waals surface area (Å²) in [6.07, 6.45) is 8.45. The van der Waals surface area contributed by atoms with Gasteiger partial charge in [-0.25, -0.2) is 0 Å². The molecular formula is C18H28N2O. The standard InChI is InChI=1S/C18H28N2O/c1-3-12-19-17-11-10-15(13-14(17)2)18(21)20-16-8-6-4-5-7-9-16/h10-11,13,16,19H,3-9,12H2,1-2H3,(H,20,21). The predicted molar refractivity (Wildman–Crippen MR) is 88.9 cm³/mol. The molecule has 3 heteroatoms. The van der Waals surface area contributed by atoms with Gasteiger partial charge in [-0.3, -0.25) is 4.79 Å². The summed E-state index contributed by atoms with van der Waals surface area (Å²) in [5.41, 5.74) is 3.04. The lowest BCUT2D eigenvalue weighted by molar-refractivity contribution is 0.0933.